The van der Waals surface area contributed by atoms with Gasteiger partial charge in [-0.1, -0.05) is 12.1 Å². The average molecular weight is 438 g/mol. The van der Waals surface area contributed by atoms with Crippen molar-refractivity contribution in [1.82, 2.24) is 25.1 Å². The second-order valence-electron chi connectivity index (χ2n) is 8.62. The number of imidazole rings is 1. The fourth-order valence-corrected chi connectivity index (χ4v) is 5.17. The third-order valence-corrected chi connectivity index (χ3v) is 7.56. The number of hydrogen-bond donors (Lipinski definition) is 2. The number of hydrogen-bond acceptors (Lipinski definition) is 5. The Balaban J connectivity index is 1.18. The molecular formula is C23H27N5O2S. The molecule has 1 aromatic carbocycles. The highest BCUT2D eigenvalue weighted by Crippen LogP contribution is 2.47. The van der Waals surface area contributed by atoms with Crippen LogP contribution in [0.5, 0.6) is 0 Å². The maximum absolute atomic E-state index is 12.8. The number of piperazine rings is 1. The number of nitrogens with one attached hydrogen (secondary N) is 2. The number of rotatable bonds is 5. The van der Waals surface area contributed by atoms with Gasteiger partial charge >= 0.3 is 0 Å². The lowest BCUT2D eigenvalue weighted by Gasteiger charge is -2.32. The number of carbonyl (C=O) groups is 2. The molecule has 1 saturated heterocycles. The molecule has 162 valence electrons. The average Bonchev–Trinajstić information content (AvgIpc) is 3.21. The Morgan fingerprint density at radius 2 is 1.94 bits per heavy atom. The van der Waals surface area contributed by atoms with Crippen molar-refractivity contribution < 1.29 is 9.59 Å². The Bertz CT molecular complexity index is 1080. The summed E-state index contributed by atoms with van der Waals surface area (Å²) in [5.74, 6) is 1.14. The van der Waals surface area contributed by atoms with Gasteiger partial charge < -0.3 is 20.1 Å². The first-order valence-electron chi connectivity index (χ1n) is 10.8. The second kappa shape index (κ2) is 8.09. The Labute approximate surface area is 185 Å². The van der Waals surface area contributed by atoms with Crippen LogP contribution < -0.4 is 5.32 Å². The van der Waals surface area contributed by atoms with Crippen molar-refractivity contribution in [1.29, 1.82) is 0 Å². The fourth-order valence-electron chi connectivity index (χ4n) is 4.19. The van der Waals surface area contributed by atoms with Gasteiger partial charge in [0.2, 0.25) is 5.91 Å². The third-order valence-electron chi connectivity index (χ3n) is 6.30. The number of H-pyrrole nitrogens is 1. The van der Waals surface area contributed by atoms with Crippen LogP contribution in [0.1, 0.15) is 45.7 Å². The first-order valence-corrected chi connectivity index (χ1v) is 11.6. The van der Waals surface area contributed by atoms with E-state index in [1.54, 1.807) is 0 Å². The Morgan fingerprint density at radius 3 is 2.71 bits per heavy atom. The van der Waals surface area contributed by atoms with E-state index in [1.807, 2.05) is 48.2 Å². The van der Waals surface area contributed by atoms with Crippen molar-refractivity contribution in [2.45, 2.75) is 25.3 Å². The lowest BCUT2D eigenvalue weighted by Crippen LogP contribution is -2.46. The van der Waals surface area contributed by atoms with Crippen LogP contribution in [0.15, 0.2) is 36.4 Å². The van der Waals surface area contributed by atoms with E-state index in [9.17, 15) is 9.59 Å². The zero-order chi connectivity index (χ0) is 21.5. The number of nitrogens with zero attached hydrogens (tertiary/aromatic N) is 3. The maximum Gasteiger partial charge on any atom is 0.264 e. The minimum atomic E-state index is -0.122. The van der Waals surface area contributed by atoms with E-state index in [1.165, 1.54) is 11.3 Å². The lowest BCUT2D eigenvalue weighted by molar-refractivity contribution is -0.123. The van der Waals surface area contributed by atoms with Crippen LogP contribution in [0, 0.1) is 5.92 Å². The number of likely N-dealkylation sites (N-methyl/N-ethyl adjacent to an activating group) is 1. The SMILES string of the molecule is C[C@@H](NC(=O)C1CC1c1nc2ccccc2[nH]1)c1ccc(C(=O)N2CCN(C)CC2)s1. The van der Waals surface area contributed by atoms with Crippen molar-refractivity contribution in [3.05, 3.63) is 52.0 Å². The van der Waals surface area contributed by atoms with Crippen molar-refractivity contribution in [2.75, 3.05) is 33.2 Å². The molecule has 2 aliphatic rings. The van der Waals surface area contributed by atoms with Crippen LogP contribution in [0.25, 0.3) is 11.0 Å². The highest BCUT2D eigenvalue weighted by molar-refractivity contribution is 7.14. The minimum Gasteiger partial charge on any atom is -0.349 e. The molecular weight excluding hydrogens is 410 g/mol. The molecule has 2 aromatic heterocycles. The molecule has 0 radical (unpaired) electrons. The highest BCUT2D eigenvalue weighted by atomic mass is 32.1. The van der Waals surface area contributed by atoms with E-state index in [2.05, 4.69) is 27.2 Å². The standard InChI is InChI=1S/C23H27N5O2S/c1-14(19-7-8-20(31-19)23(30)28-11-9-27(2)10-12-28)24-22(29)16-13-15(16)21-25-17-5-3-4-6-18(17)26-21/h3-8,14-16H,9-13H2,1-2H3,(H,24,29)(H,25,26)/t14-,15?,16?/m1/s1. The summed E-state index contributed by atoms with van der Waals surface area (Å²) in [6.07, 6.45) is 0.815. The Morgan fingerprint density at radius 1 is 1.16 bits per heavy atom. The highest BCUT2D eigenvalue weighted by Gasteiger charge is 2.46. The topological polar surface area (TPSA) is 81.3 Å². The molecule has 2 amide bonds. The first kappa shape index (κ1) is 20.2. The predicted molar refractivity (Wildman–Crippen MR) is 121 cm³/mol. The molecule has 3 atom stereocenters. The smallest absolute Gasteiger partial charge is 0.264 e. The van der Waals surface area contributed by atoms with Crippen molar-refractivity contribution >= 4 is 34.2 Å². The summed E-state index contributed by atoms with van der Waals surface area (Å²) in [6, 6.07) is 11.7. The number of benzene rings is 1. The van der Waals surface area contributed by atoms with E-state index >= 15 is 0 Å². The number of aromatic nitrogens is 2. The van der Waals surface area contributed by atoms with Gasteiger partial charge in [-0.25, -0.2) is 4.98 Å². The van der Waals surface area contributed by atoms with Gasteiger partial charge in [0, 0.05) is 42.9 Å². The Kier molecular flexibility index (Phi) is 5.27. The summed E-state index contributed by atoms with van der Waals surface area (Å²) < 4.78 is 0. The number of amides is 2. The van der Waals surface area contributed by atoms with Crippen LogP contribution in [-0.2, 0) is 4.79 Å². The number of para-hydroxylation sites is 2. The monoisotopic (exact) mass is 437 g/mol. The van der Waals surface area contributed by atoms with Gasteiger partial charge in [0.25, 0.3) is 5.91 Å². The molecule has 1 aliphatic carbocycles. The number of carbonyl (C=O) groups excluding carboxylic acids is 2. The molecule has 1 saturated carbocycles. The normalized spacial score (nSPS) is 22.5. The van der Waals surface area contributed by atoms with Crippen molar-refractivity contribution in [2.24, 2.45) is 5.92 Å². The van der Waals surface area contributed by atoms with Gasteiger partial charge in [-0.15, -0.1) is 11.3 Å². The molecule has 2 fully saturated rings. The van der Waals surface area contributed by atoms with E-state index in [0.717, 1.165) is 59.2 Å². The molecule has 8 heteroatoms. The van der Waals surface area contributed by atoms with Gasteiger partial charge in [-0.3, -0.25) is 9.59 Å². The summed E-state index contributed by atoms with van der Waals surface area (Å²) in [6.45, 7) is 5.32. The van der Waals surface area contributed by atoms with Crippen LogP contribution in [0.4, 0.5) is 0 Å². The molecule has 1 aliphatic heterocycles. The minimum absolute atomic E-state index is 0.0468. The van der Waals surface area contributed by atoms with Gasteiger partial charge in [-0.05, 0) is 44.7 Å². The molecule has 3 heterocycles. The van der Waals surface area contributed by atoms with Crippen LogP contribution in [0.3, 0.4) is 0 Å². The first-order chi connectivity index (χ1) is 15.0. The van der Waals surface area contributed by atoms with E-state index < -0.39 is 0 Å². The Hall–Kier alpha value is -2.71. The van der Waals surface area contributed by atoms with Gasteiger partial charge in [0.05, 0.1) is 22.0 Å². The summed E-state index contributed by atoms with van der Waals surface area (Å²) in [4.78, 5) is 39.4. The summed E-state index contributed by atoms with van der Waals surface area (Å²) in [7, 11) is 2.08. The van der Waals surface area contributed by atoms with Crippen LogP contribution in [-0.4, -0.2) is 64.8 Å². The van der Waals surface area contributed by atoms with E-state index in [-0.39, 0.29) is 29.7 Å². The molecule has 5 rings (SSSR count). The quantitative estimate of drug-likeness (QED) is 0.643. The summed E-state index contributed by atoms with van der Waals surface area (Å²) in [5.41, 5.74) is 1.95. The lowest BCUT2D eigenvalue weighted by atomic mass is 10.2. The van der Waals surface area contributed by atoms with Crippen molar-refractivity contribution in [3.63, 3.8) is 0 Å². The summed E-state index contributed by atoms with van der Waals surface area (Å²) in [5, 5.41) is 3.13. The molecule has 2 unspecified atom stereocenters. The molecule has 3 aromatic rings. The van der Waals surface area contributed by atoms with Gasteiger partial charge in [0.1, 0.15) is 5.82 Å². The predicted octanol–water partition coefficient (Wildman–Crippen LogP) is 2.99. The zero-order valence-corrected chi connectivity index (χ0v) is 18.6. The number of aromatic amines is 1. The fraction of sp³-hybridized carbons (Fsp3) is 0.435. The van der Waals surface area contributed by atoms with Crippen LogP contribution in [0.2, 0.25) is 0 Å². The molecule has 2 N–H and O–H groups in total. The van der Waals surface area contributed by atoms with E-state index in [4.69, 9.17) is 0 Å². The summed E-state index contributed by atoms with van der Waals surface area (Å²) >= 11 is 1.48. The largest absolute Gasteiger partial charge is 0.349 e. The zero-order valence-electron chi connectivity index (χ0n) is 17.8. The number of fused-ring (bicyclic) bond motifs is 1. The third kappa shape index (κ3) is 4.09. The number of thiophene rings is 1. The molecule has 31 heavy (non-hydrogen) atoms. The molecule has 0 bridgehead atoms. The van der Waals surface area contributed by atoms with Crippen LogP contribution >= 0.6 is 11.3 Å². The van der Waals surface area contributed by atoms with Crippen molar-refractivity contribution in [3.8, 4) is 0 Å². The van der Waals surface area contributed by atoms with Gasteiger partial charge in [-0.2, -0.15) is 0 Å². The van der Waals surface area contributed by atoms with E-state index in [0.29, 0.717) is 0 Å². The molecule has 7 nitrogen and oxygen atoms in total. The second-order valence-corrected chi connectivity index (χ2v) is 9.73. The van der Waals surface area contributed by atoms with Gasteiger partial charge in [0.15, 0.2) is 0 Å². The maximum atomic E-state index is 12.8. The molecule has 0 spiro atoms.